The summed E-state index contributed by atoms with van der Waals surface area (Å²) in [5.74, 6) is 0.850. The molecule has 2 heteroatoms. The second kappa shape index (κ2) is 7.79. The minimum atomic E-state index is 0.320. The van der Waals surface area contributed by atoms with Gasteiger partial charge in [0, 0.05) is 6.42 Å². The fourth-order valence-electron chi connectivity index (χ4n) is 4.25. The summed E-state index contributed by atoms with van der Waals surface area (Å²) in [5.41, 5.74) is 2.95. The van der Waals surface area contributed by atoms with Crippen LogP contribution < -0.4 is 0 Å². The largest absolute Gasteiger partial charge is 0.473 e. The molecule has 5 rings (SSSR count). The van der Waals surface area contributed by atoms with Gasteiger partial charge < -0.3 is 9.21 Å². The van der Waals surface area contributed by atoms with Crippen molar-refractivity contribution < 1.29 is 9.21 Å². The van der Waals surface area contributed by atoms with E-state index in [1.807, 2.05) is 12.1 Å². The molecule has 3 aromatic carbocycles. The Hall–Kier alpha value is -2.87. The highest BCUT2D eigenvalue weighted by Crippen LogP contribution is 2.35. The topological polar surface area (TPSA) is 30.2 Å². The molecule has 1 heterocycles. The molecule has 1 aromatic heterocycles. The molecule has 0 unspecified atom stereocenters. The van der Waals surface area contributed by atoms with Gasteiger partial charge in [-0.2, -0.15) is 0 Å². The van der Waals surface area contributed by atoms with Crippen LogP contribution in [0.4, 0.5) is 0 Å². The van der Waals surface area contributed by atoms with Gasteiger partial charge in [0.05, 0.1) is 12.5 Å². The Balaban J connectivity index is 0.000000314. The molecule has 1 atom stereocenters. The van der Waals surface area contributed by atoms with E-state index in [-0.39, 0.29) is 0 Å². The van der Waals surface area contributed by atoms with Crippen LogP contribution in [0, 0.1) is 5.92 Å². The van der Waals surface area contributed by atoms with Crippen LogP contribution in [0.5, 0.6) is 0 Å². The maximum absolute atomic E-state index is 11.4. The maximum atomic E-state index is 11.4. The van der Waals surface area contributed by atoms with Gasteiger partial charge in [-0.3, -0.25) is 0 Å². The van der Waals surface area contributed by atoms with Crippen molar-refractivity contribution in [3.8, 4) is 0 Å². The van der Waals surface area contributed by atoms with Crippen LogP contribution >= 0.6 is 0 Å². The number of fused-ring (bicyclic) bond motifs is 5. The molecule has 27 heavy (non-hydrogen) atoms. The Morgan fingerprint density at radius 1 is 0.926 bits per heavy atom. The lowest BCUT2D eigenvalue weighted by Crippen LogP contribution is -2.17. The molecule has 0 fully saturated rings. The molecule has 136 valence electrons. The average molecular weight is 356 g/mol. The molecule has 0 radical (unpaired) electrons. The van der Waals surface area contributed by atoms with Crippen LogP contribution in [-0.4, -0.2) is 5.78 Å². The van der Waals surface area contributed by atoms with E-state index in [2.05, 4.69) is 52.9 Å². The van der Waals surface area contributed by atoms with Gasteiger partial charge in [0.25, 0.3) is 0 Å². The molecule has 0 bridgehead atoms. The van der Waals surface area contributed by atoms with Crippen LogP contribution in [0.15, 0.2) is 77.6 Å². The van der Waals surface area contributed by atoms with E-state index < -0.39 is 0 Å². The van der Waals surface area contributed by atoms with Crippen molar-refractivity contribution in [2.24, 2.45) is 5.92 Å². The molecule has 4 aromatic rings. The first kappa shape index (κ1) is 17.5. The van der Waals surface area contributed by atoms with Gasteiger partial charge in [-0.1, -0.05) is 48.5 Å². The number of rotatable bonds is 2. The zero-order valence-corrected chi connectivity index (χ0v) is 15.7. The zero-order valence-electron chi connectivity index (χ0n) is 15.7. The van der Waals surface area contributed by atoms with Gasteiger partial charge in [-0.05, 0) is 76.9 Å². The molecule has 1 aliphatic rings. The lowest BCUT2D eigenvalue weighted by molar-refractivity contribution is -0.117. The lowest BCUT2D eigenvalue weighted by Gasteiger charge is -2.25. The van der Waals surface area contributed by atoms with Crippen molar-refractivity contribution in [1.29, 1.82) is 0 Å². The van der Waals surface area contributed by atoms with Crippen molar-refractivity contribution in [3.05, 3.63) is 84.3 Å². The van der Waals surface area contributed by atoms with E-state index in [1.54, 1.807) is 19.5 Å². The number of aryl methyl sites for hydroxylation is 1. The lowest BCUT2D eigenvalue weighted by atomic mass is 9.79. The quantitative estimate of drug-likeness (QED) is 0.391. The minimum Gasteiger partial charge on any atom is -0.473 e. The van der Waals surface area contributed by atoms with E-state index in [4.69, 9.17) is 0 Å². The molecule has 0 saturated heterocycles. The standard InChI is InChI=1S/C21H20O.C4H4O/c1-14(22)12-15-6-9-19-17(13-15)8-11-20-18-5-3-2-4-16(18)7-10-21(19)20;1-2-4-5-3-1/h2-5,7-8,10-11,15H,6,9,12-13H2,1H3;1-4H/t15-;/m1./s1. The highest BCUT2D eigenvalue weighted by Gasteiger charge is 2.21. The number of hydrogen-bond donors (Lipinski definition) is 0. The summed E-state index contributed by atoms with van der Waals surface area (Å²) in [4.78, 5) is 11.4. The summed E-state index contributed by atoms with van der Waals surface area (Å²) < 4.78 is 4.58. The highest BCUT2D eigenvalue weighted by molar-refractivity contribution is 6.08. The minimum absolute atomic E-state index is 0.320. The van der Waals surface area contributed by atoms with Crippen LogP contribution in [0.1, 0.15) is 30.9 Å². The molecule has 0 spiro atoms. The van der Waals surface area contributed by atoms with E-state index in [1.165, 1.54) is 32.7 Å². The molecule has 0 aliphatic heterocycles. The second-order valence-corrected chi connectivity index (χ2v) is 7.39. The van der Waals surface area contributed by atoms with Crippen LogP contribution in [-0.2, 0) is 17.6 Å². The number of Topliss-reactive ketones (excluding diaryl/α,β-unsaturated/α-hetero) is 1. The molecule has 0 amide bonds. The van der Waals surface area contributed by atoms with Crippen molar-refractivity contribution in [1.82, 2.24) is 0 Å². The first-order valence-electron chi connectivity index (χ1n) is 9.61. The molecule has 2 nitrogen and oxygen atoms in total. The average Bonchev–Trinajstić information content (AvgIpc) is 3.27. The Labute approximate surface area is 159 Å². The Bertz CT molecular complexity index is 1040. The summed E-state index contributed by atoms with van der Waals surface area (Å²) in [6.07, 6.45) is 7.27. The number of carbonyl (C=O) groups excluding carboxylic acids is 1. The predicted molar refractivity (Wildman–Crippen MR) is 111 cm³/mol. The molecule has 0 saturated carbocycles. The van der Waals surface area contributed by atoms with Crippen molar-refractivity contribution in [3.63, 3.8) is 0 Å². The Morgan fingerprint density at radius 3 is 2.44 bits per heavy atom. The SMILES string of the molecule is CC(=O)C[C@H]1CCc2c(ccc3c2ccc2ccccc23)C1.c1ccoc1. The number of benzene rings is 3. The first-order chi connectivity index (χ1) is 13.2. The summed E-state index contributed by atoms with van der Waals surface area (Å²) in [6, 6.07) is 21.3. The first-order valence-corrected chi connectivity index (χ1v) is 9.61. The van der Waals surface area contributed by atoms with Crippen molar-refractivity contribution >= 4 is 27.3 Å². The fraction of sp³-hybridized carbons (Fsp3) is 0.240. The normalized spacial score (nSPS) is 15.8. The maximum Gasteiger partial charge on any atom is 0.130 e. The van der Waals surface area contributed by atoms with Gasteiger partial charge in [0.2, 0.25) is 0 Å². The fourth-order valence-corrected chi connectivity index (χ4v) is 4.25. The van der Waals surface area contributed by atoms with Crippen LogP contribution in [0.25, 0.3) is 21.5 Å². The van der Waals surface area contributed by atoms with Gasteiger partial charge in [-0.25, -0.2) is 0 Å². The van der Waals surface area contributed by atoms with Crippen LogP contribution in [0.2, 0.25) is 0 Å². The monoisotopic (exact) mass is 356 g/mol. The summed E-state index contributed by atoms with van der Waals surface area (Å²) >= 11 is 0. The molecular weight excluding hydrogens is 332 g/mol. The van der Waals surface area contributed by atoms with Crippen molar-refractivity contribution in [2.45, 2.75) is 32.6 Å². The van der Waals surface area contributed by atoms with Gasteiger partial charge in [-0.15, -0.1) is 0 Å². The van der Waals surface area contributed by atoms with Gasteiger partial charge in [0.15, 0.2) is 0 Å². The number of ketones is 1. The predicted octanol–water partition coefficient (Wildman–Crippen LogP) is 6.36. The van der Waals surface area contributed by atoms with E-state index in [0.29, 0.717) is 11.7 Å². The molecule has 1 aliphatic carbocycles. The number of hydrogen-bond acceptors (Lipinski definition) is 2. The van der Waals surface area contributed by atoms with Crippen LogP contribution in [0.3, 0.4) is 0 Å². The summed E-state index contributed by atoms with van der Waals surface area (Å²) in [5, 5.41) is 5.41. The summed E-state index contributed by atoms with van der Waals surface area (Å²) in [7, 11) is 0. The Morgan fingerprint density at radius 2 is 1.70 bits per heavy atom. The third-order valence-corrected chi connectivity index (χ3v) is 5.45. The smallest absolute Gasteiger partial charge is 0.130 e. The second-order valence-electron chi connectivity index (χ2n) is 7.39. The van der Waals surface area contributed by atoms with Gasteiger partial charge >= 0.3 is 0 Å². The van der Waals surface area contributed by atoms with Crippen molar-refractivity contribution in [2.75, 3.05) is 0 Å². The molecular formula is C25H24O2. The number of furan rings is 1. The van der Waals surface area contributed by atoms with Gasteiger partial charge in [0.1, 0.15) is 5.78 Å². The Kier molecular flexibility index (Phi) is 5.06. The summed E-state index contributed by atoms with van der Waals surface area (Å²) in [6.45, 7) is 1.71. The highest BCUT2D eigenvalue weighted by atomic mass is 16.3. The zero-order chi connectivity index (χ0) is 18.6. The number of carbonyl (C=O) groups is 1. The van der Waals surface area contributed by atoms with E-state index >= 15 is 0 Å². The molecule has 0 N–H and O–H groups in total. The van der Waals surface area contributed by atoms with E-state index in [0.717, 1.165) is 25.7 Å². The third kappa shape index (κ3) is 3.80. The van der Waals surface area contributed by atoms with E-state index in [9.17, 15) is 4.79 Å². The third-order valence-electron chi connectivity index (χ3n) is 5.45.